The molecule has 3 N–H and O–H groups in total. The van der Waals surface area contributed by atoms with Gasteiger partial charge in [-0.25, -0.2) is 0 Å². The van der Waals surface area contributed by atoms with Crippen LogP contribution in [0.5, 0.6) is 0 Å². The zero-order valence-electron chi connectivity index (χ0n) is 7.89. The molecule has 0 rings (SSSR count). The van der Waals surface area contributed by atoms with Crippen LogP contribution in [-0.2, 0) is 9.59 Å². The van der Waals surface area contributed by atoms with Gasteiger partial charge in [0.15, 0.2) is 0 Å². The fraction of sp³-hybridized carbons (Fsp3) is 0.714. The molecule has 1 amide bonds. The van der Waals surface area contributed by atoms with Gasteiger partial charge in [0.2, 0.25) is 5.91 Å². The molecule has 0 aromatic carbocycles. The minimum absolute atomic E-state index is 0.572. The van der Waals surface area contributed by atoms with Crippen molar-refractivity contribution in [3.63, 3.8) is 0 Å². The van der Waals surface area contributed by atoms with E-state index in [2.05, 4.69) is 0 Å². The first-order valence-electron chi connectivity index (χ1n) is 4.02. The van der Waals surface area contributed by atoms with Gasteiger partial charge in [-0.15, -0.1) is 0 Å². The molecule has 0 saturated carbocycles. The Morgan fingerprint density at radius 3 is 2.33 bits per heavy atom. The van der Waals surface area contributed by atoms with Crippen LogP contribution in [0.4, 0.5) is 13.2 Å². The van der Waals surface area contributed by atoms with Gasteiger partial charge in [0.05, 0.1) is 13.1 Å². The second-order valence-electron chi connectivity index (χ2n) is 2.85. The summed E-state index contributed by atoms with van der Waals surface area (Å²) in [6.07, 6.45) is -4.39. The molecule has 5 nitrogen and oxygen atoms in total. The van der Waals surface area contributed by atoms with Crippen LogP contribution < -0.4 is 10.6 Å². The number of halogens is 3. The number of hydrogen-bond acceptors (Lipinski definition) is 3. The largest absolute Gasteiger partial charge is 0.480 e. The summed E-state index contributed by atoms with van der Waals surface area (Å²) in [6.45, 7) is -0.650. The number of rotatable bonds is 5. The molecule has 0 aliphatic carbocycles. The van der Waals surface area contributed by atoms with Gasteiger partial charge < -0.3 is 15.7 Å². The topological polar surface area (TPSA) is 78.4 Å². The average molecular weight is 228 g/mol. The first-order valence-corrected chi connectivity index (χ1v) is 4.02. The van der Waals surface area contributed by atoms with Crippen molar-refractivity contribution < 1.29 is 27.9 Å². The van der Waals surface area contributed by atoms with E-state index in [1.54, 1.807) is 0 Å². The summed E-state index contributed by atoms with van der Waals surface area (Å²) in [6, 6.07) is -1.12. The first-order chi connectivity index (χ1) is 6.72. The van der Waals surface area contributed by atoms with Crippen molar-refractivity contribution in [1.29, 1.82) is 0 Å². The molecule has 0 bridgehead atoms. The van der Waals surface area contributed by atoms with Crippen molar-refractivity contribution in [3.8, 4) is 0 Å². The third-order valence-electron chi connectivity index (χ3n) is 1.36. The number of carboxylic acids is 1. The van der Waals surface area contributed by atoms with Crippen molar-refractivity contribution in [2.45, 2.75) is 19.1 Å². The van der Waals surface area contributed by atoms with Crippen LogP contribution in [0.15, 0.2) is 0 Å². The summed E-state index contributed by atoms with van der Waals surface area (Å²) in [5.74, 6) is -2.05. The molecule has 1 atom stereocenters. The maximum Gasteiger partial charge on any atom is 0.401 e. The quantitative estimate of drug-likeness (QED) is 0.605. The second-order valence-corrected chi connectivity index (χ2v) is 2.85. The number of alkyl halides is 3. The summed E-state index contributed by atoms with van der Waals surface area (Å²) < 4.78 is 34.8. The van der Waals surface area contributed by atoms with E-state index in [0.717, 1.165) is 0 Å². The van der Waals surface area contributed by atoms with Gasteiger partial charge in [0.1, 0.15) is 6.04 Å². The predicted molar refractivity (Wildman–Crippen MR) is 44.2 cm³/mol. The van der Waals surface area contributed by atoms with Crippen LogP contribution in [0.25, 0.3) is 0 Å². The van der Waals surface area contributed by atoms with Crippen LogP contribution in [0.2, 0.25) is 0 Å². The molecule has 0 heterocycles. The van der Waals surface area contributed by atoms with Gasteiger partial charge in [-0.3, -0.25) is 9.59 Å². The molecule has 0 aliphatic heterocycles. The van der Waals surface area contributed by atoms with Crippen molar-refractivity contribution in [2.75, 3.05) is 13.1 Å². The molecule has 0 aromatic heterocycles. The number of nitrogens with one attached hydrogen (secondary N) is 2. The fourth-order valence-electron chi connectivity index (χ4n) is 0.672. The summed E-state index contributed by atoms with van der Waals surface area (Å²) >= 11 is 0. The van der Waals surface area contributed by atoms with Gasteiger partial charge >= 0.3 is 12.1 Å². The van der Waals surface area contributed by atoms with E-state index in [-0.39, 0.29) is 0 Å². The standard InChI is InChI=1S/C7H11F3N2O3/c1-4(6(14)15)12-5(13)2-11-3-7(8,9)10/h4,11H,2-3H2,1H3,(H,12,13)(H,14,15). The van der Waals surface area contributed by atoms with Gasteiger partial charge in [0, 0.05) is 0 Å². The smallest absolute Gasteiger partial charge is 0.401 e. The number of carbonyl (C=O) groups excluding carboxylic acids is 1. The third kappa shape index (κ3) is 7.74. The van der Waals surface area contributed by atoms with Crippen LogP contribution in [0, 0.1) is 0 Å². The van der Waals surface area contributed by atoms with Crippen molar-refractivity contribution >= 4 is 11.9 Å². The molecular formula is C7H11F3N2O3. The summed E-state index contributed by atoms with van der Waals surface area (Å²) in [5, 5.41) is 12.2. The Kier molecular flexibility index (Phi) is 5.06. The van der Waals surface area contributed by atoms with Gasteiger partial charge in [0.25, 0.3) is 0 Å². The minimum Gasteiger partial charge on any atom is -0.480 e. The number of carbonyl (C=O) groups is 2. The molecule has 0 radical (unpaired) electrons. The van der Waals surface area contributed by atoms with E-state index in [0.29, 0.717) is 0 Å². The lowest BCUT2D eigenvalue weighted by atomic mass is 10.3. The Bertz CT molecular complexity index is 242. The van der Waals surface area contributed by atoms with E-state index in [1.165, 1.54) is 6.92 Å². The van der Waals surface area contributed by atoms with Crippen LogP contribution in [0.1, 0.15) is 6.92 Å². The molecule has 8 heteroatoms. The third-order valence-corrected chi connectivity index (χ3v) is 1.36. The lowest BCUT2D eigenvalue weighted by molar-refractivity contribution is -0.141. The highest BCUT2D eigenvalue weighted by Gasteiger charge is 2.26. The summed E-state index contributed by atoms with van der Waals surface area (Å²) in [5.41, 5.74) is 0. The molecule has 0 fully saturated rings. The van der Waals surface area contributed by atoms with E-state index in [9.17, 15) is 22.8 Å². The fourth-order valence-corrected chi connectivity index (χ4v) is 0.672. The van der Waals surface area contributed by atoms with E-state index in [1.807, 2.05) is 10.6 Å². The molecule has 88 valence electrons. The molecule has 0 aromatic rings. The minimum atomic E-state index is -4.39. The summed E-state index contributed by atoms with van der Waals surface area (Å²) in [7, 11) is 0. The van der Waals surface area contributed by atoms with Gasteiger partial charge in [-0.2, -0.15) is 13.2 Å². The summed E-state index contributed by atoms with van der Waals surface area (Å²) in [4.78, 5) is 21.1. The first kappa shape index (κ1) is 13.7. The number of hydrogen-bond donors (Lipinski definition) is 3. The molecule has 15 heavy (non-hydrogen) atoms. The number of aliphatic carboxylic acids is 1. The van der Waals surface area contributed by atoms with Crippen LogP contribution in [-0.4, -0.2) is 42.3 Å². The maximum absolute atomic E-state index is 11.6. The van der Waals surface area contributed by atoms with Crippen LogP contribution in [0.3, 0.4) is 0 Å². The number of carboxylic acid groups (broad SMARTS) is 1. The number of amides is 1. The molecule has 1 unspecified atom stereocenters. The molecular weight excluding hydrogens is 217 g/mol. The van der Waals surface area contributed by atoms with Crippen molar-refractivity contribution in [3.05, 3.63) is 0 Å². The Hall–Kier alpha value is -1.31. The Morgan fingerprint density at radius 2 is 1.93 bits per heavy atom. The SMILES string of the molecule is CC(NC(=O)CNCC(F)(F)F)C(=O)O. The average Bonchev–Trinajstić information content (AvgIpc) is 2.01. The lowest BCUT2D eigenvalue weighted by Gasteiger charge is -2.10. The van der Waals surface area contributed by atoms with Crippen molar-refractivity contribution in [1.82, 2.24) is 10.6 Å². The zero-order chi connectivity index (χ0) is 12.1. The van der Waals surface area contributed by atoms with E-state index in [4.69, 9.17) is 5.11 Å². The second kappa shape index (κ2) is 5.54. The van der Waals surface area contributed by atoms with Gasteiger partial charge in [-0.05, 0) is 6.92 Å². The zero-order valence-corrected chi connectivity index (χ0v) is 7.89. The maximum atomic E-state index is 11.6. The monoisotopic (exact) mass is 228 g/mol. The lowest BCUT2D eigenvalue weighted by Crippen LogP contribution is -2.44. The highest BCUT2D eigenvalue weighted by Crippen LogP contribution is 2.11. The van der Waals surface area contributed by atoms with Gasteiger partial charge in [-0.1, -0.05) is 0 Å². The molecule has 0 aliphatic rings. The van der Waals surface area contributed by atoms with Crippen LogP contribution >= 0.6 is 0 Å². The highest BCUT2D eigenvalue weighted by molar-refractivity contribution is 5.84. The Balaban J connectivity index is 3.72. The van der Waals surface area contributed by atoms with E-state index >= 15 is 0 Å². The van der Waals surface area contributed by atoms with E-state index < -0.39 is 37.2 Å². The predicted octanol–water partition coefficient (Wildman–Crippen LogP) is -0.272. The highest BCUT2D eigenvalue weighted by atomic mass is 19.4. The Labute approximate surface area is 83.6 Å². The Morgan fingerprint density at radius 1 is 1.40 bits per heavy atom. The normalized spacial score (nSPS) is 13.3. The van der Waals surface area contributed by atoms with Crippen molar-refractivity contribution in [2.24, 2.45) is 0 Å². The molecule has 0 saturated heterocycles. The molecule has 0 spiro atoms.